The topological polar surface area (TPSA) is 64.0 Å². The zero-order chi connectivity index (χ0) is 16.4. The van der Waals surface area contributed by atoms with Gasteiger partial charge < -0.3 is 5.32 Å². The summed E-state index contributed by atoms with van der Waals surface area (Å²) in [6, 6.07) is 14.5. The van der Waals surface area contributed by atoms with Gasteiger partial charge in [-0.15, -0.1) is 0 Å². The summed E-state index contributed by atoms with van der Waals surface area (Å²) in [4.78, 5) is 24.9. The maximum absolute atomic E-state index is 12.6. The van der Waals surface area contributed by atoms with Crippen LogP contribution < -0.4 is 10.9 Å². The maximum atomic E-state index is 12.6. The molecule has 2 aromatic carbocycles. The SMILES string of the molecule is CCn1nc(C(=O)Nc2cccc(I)c2)c2ccccc2c1=O. The van der Waals surface area contributed by atoms with Crippen molar-refractivity contribution in [3.63, 3.8) is 0 Å². The van der Waals surface area contributed by atoms with Crippen molar-refractivity contribution in [1.82, 2.24) is 9.78 Å². The van der Waals surface area contributed by atoms with E-state index in [0.717, 1.165) is 3.57 Å². The number of aryl methyl sites for hydroxylation is 1. The Morgan fingerprint density at radius 2 is 1.91 bits per heavy atom. The molecule has 6 heteroatoms. The van der Waals surface area contributed by atoms with Crippen molar-refractivity contribution in [1.29, 1.82) is 0 Å². The minimum atomic E-state index is -0.328. The Labute approximate surface area is 146 Å². The zero-order valence-electron chi connectivity index (χ0n) is 12.4. The Morgan fingerprint density at radius 1 is 1.17 bits per heavy atom. The summed E-state index contributed by atoms with van der Waals surface area (Å²) in [6.45, 7) is 2.23. The standard InChI is InChI=1S/C17H14IN3O2/c1-2-21-17(23)14-9-4-3-8-13(14)15(20-21)16(22)19-12-7-5-6-11(18)10-12/h3-10H,2H2,1H3,(H,19,22). The van der Waals surface area contributed by atoms with E-state index in [4.69, 9.17) is 0 Å². The summed E-state index contributed by atoms with van der Waals surface area (Å²) in [7, 11) is 0. The lowest BCUT2D eigenvalue weighted by Crippen LogP contribution is -2.27. The molecule has 0 aliphatic carbocycles. The number of hydrogen-bond donors (Lipinski definition) is 1. The summed E-state index contributed by atoms with van der Waals surface area (Å²) in [5.74, 6) is -0.328. The van der Waals surface area contributed by atoms with Gasteiger partial charge in [0.25, 0.3) is 11.5 Å². The summed E-state index contributed by atoms with van der Waals surface area (Å²) < 4.78 is 2.34. The van der Waals surface area contributed by atoms with E-state index in [1.165, 1.54) is 4.68 Å². The molecular weight excluding hydrogens is 405 g/mol. The Hall–Kier alpha value is -2.22. The molecule has 0 fully saturated rings. The first-order valence-corrected chi connectivity index (χ1v) is 8.25. The van der Waals surface area contributed by atoms with Gasteiger partial charge in [-0.05, 0) is 53.8 Å². The van der Waals surface area contributed by atoms with Gasteiger partial charge in [-0.2, -0.15) is 5.10 Å². The quantitative estimate of drug-likeness (QED) is 0.663. The zero-order valence-corrected chi connectivity index (χ0v) is 14.6. The predicted molar refractivity (Wildman–Crippen MR) is 98.8 cm³/mol. The van der Waals surface area contributed by atoms with Crippen LogP contribution in [0.25, 0.3) is 10.8 Å². The second kappa shape index (κ2) is 6.49. The third-order valence-corrected chi connectivity index (χ3v) is 4.14. The van der Waals surface area contributed by atoms with Crippen molar-refractivity contribution in [2.45, 2.75) is 13.5 Å². The van der Waals surface area contributed by atoms with Crippen molar-refractivity contribution in [2.75, 3.05) is 5.32 Å². The molecule has 0 saturated carbocycles. The molecule has 0 unspecified atom stereocenters. The molecule has 0 aliphatic heterocycles. The second-order valence-electron chi connectivity index (χ2n) is 4.98. The Kier molecular flexibility index (Phi) is 4.42. The fourth-order valence-electron chi connectivity index (χ4n) is 2.37. The van der Waals surface area contributed by atoms with Crippen LogP contribution in [0.3, 0.4) is 0 Å². The van der Waals surface area contributed by atoms with E-state index in [1.807, 2.05) is 31.2 Å². The van der Waals surface area contributed by atoms with Crippen molar-refractivity contribution in [3.05, 3.63) is 68.1 Å². The molecule has 0 saturated heterocycles. The molecule has 0 radical (unpaired) electrons. The van der Waals surface area contributed by atoms with Gasteiger partial charge in [0.1, 0.15) is 0 Å². The number of amides is 1. The van der Waals surface area contributed by atoms with Gasteiger partial charge in [-0.3, -0.25) is 9.59 Å². The molecule has 3 rings (SSSR count). The number of halogens is 1. The molecular formula is C17H14IN3O2. The fourth-order valence-corrected chi connectivity index (χ4v) is 2.92. The Morgan fingerprint density at radius 3 is 2.61 bits per heavy atom. The van der Waals surface area contributed by atoms with Gasteiger partial charge in [0.15, 0.2) is 5.69 Å². The fraction of sp³-hybridized carbons (Fsp3) is 0.118. The second-order valence-corrected chi connectivity index (χ2v) is 6.23. The molecule has 1 aromatic heterocycles. The van der Waals surface area contributed by atoms with E-state index in [9.17, 15) is 9.59 Å². The van der Waals surface area contributed by atoms with Crippen LogP contribution >= 0.6 is 22.6 Å². The molecule has 3 aromatic rings. The van der Waals surface area contributed by atoms with E-state index >= 15 is 0 Å². The highest BCUT2D eigenvalue weighted by Crippen LogP contribution is 2.17. The van der Waals surface area contributed by atoms with Crippen LogP contribution in [0.5, 0.6) is 0 Å². The average molecular weight is 419 g/mol. The lowest BCUT2D eigenvalue weighted by molar-refractivity contribution is 0.102. The van der Waals surface area contributed by atoms with Crippen LogP contribution in [0.15, 0.2) is 53.3 Å². The maximum Gasteiger partial charge on any atom is 0.276 e. The number of rotatable bonds is 3. The average Bonchev–Trinajstić information content (AvgIpc) is 2.55. The first-order chi connectivity index (χ1) is 11.1. The van der Waals surface area contributed by atoms with Gasteiger partial charge in [0, 0.05) is 21.2 Å². The first kappa shape index (κ1) is 15.7. The number of hydrogen-bond acceptors (Lipinski definition) is 3. The molecule has 5 nitrogen and oxygen atoms in total. The minimum absolute atomic E-state index is 0.186. The minimum Gasteiger partial charge on any atom is -0.321 e. The smallest absolute Gasteiger partial charge is 0.276 e. The largest absolute Gasteiger partial charge is 0.321 e. The van der Waals surface area contributed by atoms with Crippen molar-refractivity contribution in [3.8, 4) is 0 Å². The number of nitrogens with one attached hydrogen (secondary N) is 1. The molecule has 0 aliphatic rings. The number of fused-ring (bicyclic) bond motifs is 1. The Bertz CT molecular complexity index is 950. The number of aromatic nitrogens is 2. The molecule has 116 valence electrons. The van der Waals surface area contributed by atoms with E-state index in [1.54, 1.807) is 24.3 Å². The third-order valence-electron chi connectivity index (χ3n) is 3.46. The van der Waals surface area contributed by atoms with Gasteiger partial charge in [-0.25, -0.2) is 4.68 Å². The summed E-state index contributed by atoms with van der Waals surface area (Å²) >= 11 is 2.18. The highest BCUT2D eigenvalue weighted by atomic mass is 127. The van der Waals surface area contributed by atoms with Gasteiger partial charge in [0.2, 0.25) is 0 Å². The van der Waals surface area contributed by atoms with Crippen LogP contribution in [0.4, 0.5) is 5.69 Å². The van der Waals surface area contributed by atoms with Crippen LogP contribution in [0, 0.1) is 3.57 Å². The van der Waals surface area contributed by atoms with E-state index in [-0.39, 0.29) is 17.2 Å². The number of benzene rings is 2. The van der Waals surface area contributed by atoms with Crippen LogP contribution in [-0.2, 0) is 6.54 Å². The molecule has 0 bridgehead atoms. The molecule has 0 atom stereocenters. The third kappa shape index (κ3) is 3.12. The normalized spacial score (nSPS) is 10.7. The highest BCUT2D eigenvalue weighted by molar-refractivity contribution is 14.1. The lowest BCUT2D eigenvalue weighted by atomic mass is 10.1. The van der Waals surface area contributed by atoms with E-state index in [2.05, 4.69) is 33.0 Å². The van der Waals surface area contributed by atoms with E-state index in [0.29, 0.717) is 23.0 Å². The molecule has 0 spiro atoms. The number of carbonyl (C=O) groups is 1. The van der Waals surface area contributed by atoms with Crippen molar-refractivity contribution < 1.29 is 4.79 Å². The number of carbonyl (C=O) groups excluding carboxylic acids is 1. The van der Waals surface area contributed by atoms with Crippen molar-refractivity contribution >= 4 is 45.0 Å². The summed E-state index contributed by atoms with van der Waals surface area (Å²) in [6.07, 6.45) is 0. The van der Waals surface area contributed by atoms with E-state index < -0.39 is 0 Å². The summed E-state index contributed by atoms with van der Waals surface area (Å²) in [5.41, 5.74) is 0.761. The molecule has 23 heavy (non-hydrogen) atoms. The summed E-state index contributed by atoms with van der Waals surface area (Å²) in [5, 5.41) is 8.13. The van der Waals surface area contributed by atoms with Gasteiger partial charge in [-0.1, -0.05) is 24.3 Å². The predicted octanol–water partition coefficient (Wildman–Crippen LogP) is 3.27. The van der Waals surface area contributed by atoms with Gasteiger partial charge in [0.05, 0.1) is 5.39 Å². The monoisotopic (exact) mass is 419 g/mol. The van der Waals surface area contributed by atoms with Crippen LogP contribution in [0.1, 0.15) is 17.4 Å². The Balaban J connectivity index is 2.10. The number of nitrogens with zero attached hydrogens (tertiary/aromatic N) is 2. The van der Waals surface area contributed by atoms with Gasteiger partial charge >= 0.3 is 0 Å². The van der Waals surface area contributed by atoms with Crippen LogP contribution in [0.2, 0.25) is 0 Å². The molecule has 1 heterocycles. The van der Waals surface area contributed by atoms with Crippen LogP contribution in [-0.4, -0.2) is 15.7 Å². The molecule has 1 N–H and O–H groups in total. The lowest BCUT2D eigenvalue weighted by Gasteiger charge is -2.10. The van der Waals surface area contributed by atoms with Crippen molar-refractivity contribution in [2.24, 2.45) is 0 Å². The number of anilines is 1. The molecule has 1 amide bonds. The highest BCUT2D eigenvalue weighted by Gasteiger charge is 2.16. The first-order valence-electron chi connectivity index (χ1n) is 7.17.